The maximum absolute atomic E-state index is 13.1. The number of rotatable bonds is 9. The minimum atomic E-state index is -2.65. The van der Waals surface area contributed by atoms with E-state index in [9.17, 15) is 4.79 Å². The zero-order valence-electron chi connectivity index (χ0n) is 23.5. The zero-order valence-corrected chi connectivity index (χ0v) is 24.5. The summed E-state index contributed by atoms with van der Waals surface area (Å²) in [5.74, 6) is 1.07. The van der Waals surface area contributed by atoms with Gasteiger partial charge in [0.25, 0.3) is 8.32 Å². The summed E-state index contributed by atoms with van der Waals surface area (Å²) in [5, 5.41) is 4.39. The highest BCUT2D eigenvalue weighted by Crippen LogP contribution is 2.42. The van der Waals surface area contributed by atoms with Gasteiger partial charge in [0.05, 0.1) is 6.61 Å². The highest BCUT2D eigenvalue weighted by Gasteiger charge is 2.50. The molecular weight excluding hydrogens is 496 g/mol. The first-order valence-corrected chi connectivity index (χ1v) is 15.8. The molecule has 0 saturated heterocycles. The second kappa shape index (κ2) is 11.0. The molecule has 0 spiro atoms. The van der Waals surface area contributed by atoms with Crippen LogP contribution < -0.4 is 15.1 Å². The second-order valence-electron chi connectivity index (χ2n) is 11.5. The molecule has 4 heteroatoms. The van der Waals surface area contributed by atoms with Gasteiger partial charge in [0.1, 0.15) is 12.4 Å². The summed E-state index contributed by atoms with van der Waals surface area (Å²) in [6, 6.07) is 29.5. The van der Waals surface area contributed by atoms with Gasteiger partial charge in [-0.25, -0.2) is 0 Å². The molecule has 4 aromatic carbocycles. The SMILES string of the molecule is C=CCc1c2c(c3ccccc3c1OCCO[Si](c1ccccc1)(c1ccccc1)C(C)(C)C)C(=O)C(C)C2. The molecule has 0 bridgehead atoms. The number of hydrogen-bond acceptors (Lipinski definition) is 3. The van der Waals surface area contributed by atoms with Crippen molar-refractivity contribution in [2.45, 2.75) is 45.6 Å². The standard InChI is InChI=1S/C35H38O3Si/c1-6-15-29-31-24-25(2)33(36)32(31)28-20-13-14-21-30(28)34(29)37-22-23-38-39(35(3,4)5,26-16-9-7-10-17-26)27-18-11-8-12-19-27/h6-14,16-21,25H,1,15,22-24H2,2-5H3. The van der Waals surface area contributed by atoms with E-state index in [0.29, 0.717) is 19.6 Å². The molecule has 3 nitrogen and oxygen atoms in total. The predicted octanol–water partition coefficient (Wildman–Crippen LogP) is 6.90. The van der Waals surface area contributed by atoms with Gasteiger partial charge in [-0.3, -0.25) is 4.79 Å². The lowest BCUT2D eigenvalue weighted by Gasteiger charge is -2.43. The maximum atomic E-state index is 13.1. The Morgan fingerprint density at radius 3 is 2.00 bits per heavy atom. The summed E-state index contributed by atoms with van der Waals surface area (Å²) in [7, 11) is -2.65. The number of Topliss-reactive ketones (excluding diaryl/α,β-unsaturated/α-hetero) is 1. The van der Waals surface area contributed by atoms with Gasteiger partial charge in [-0.1, -0.05) is 119 Å². The van der Waals surface area contributed by atoms with Crippen molar-refractivity contribution in [1.29, 1.82) is 0 Å². The zero-order chi connectivity index (χ0) is 27.6. The van der Waals surface area contributed by atoms with Crippen LogP contribution in [0.25, 0.3) is 10.8 Å². The number of carbonyl (C=O) groups excluding carboxylic acids is 1. The molecule has 0 amide bonds. The monoisotopic (exact) mass is 534 g/mol. The number of allylic oxidation sites excluding steroid dienone is 1. The first-order chi connectivity index (χ1) is 18.8. The van der Waals surface area contributed by atoms with Crippen molar-refractivity contribution >= 4 is 35.2 Å². The molecule has 5 rings (SSSR count). The van der Waals surface area contributed by atoms with Gasteiger partial charge >= 0.3 is 0 Å². The Balaban J connectivity index is 1.51. The van der Waals surface area contributed by atoms with Gasteiger partial charge in [-0.2, -0.15) is 0 Å². The first kappa shape index (κ1) is 27.1. The summed E-state index contributed by atoms with van der Waals surface area (Å²) < 4.78 is 13.7. The van der Waals surface area contributed by atoms with Crippen molar-refractivity contribution in [3.8, 4) is 5.75 Å². The van der Waals surface area contributed by atoms with Crippen molar-refractivity contribution in [1.82, 2.24) is 0 Å². The summed E-state index contributed by atoms with van der Waals surface area (Å²) in [6.45, 7) is 13.8. The van der Waals surface area contributed by atoms with Gasteiger partial charge in [-0.15, -0.1) is 6.58 Å². The number of hydrogen-bond donors (Lipinski definition) is 0. The lowest BCUT2D eigenvalue weighted by atomic mass is 9.92. The van der Waals surface area contributed by atoms with E-state index in [1.54, 1.807) is 0 Å². The minimum Gasteiger partial charge on any atom is -0.490 e. The molecule has 1 aliphatic rings. The van der Waals surface area contributed by atoms with Gasteiger partial charge in [0.15, 0.2) is 5.78 Å². The molecule has 1 aliphatic carbocycles. The maximum Gasteiger partial charge on any atom is 0.261 e. The number of benzene rings is 4. The van der Waals surface area contributed by atoms with E-state index in [1.807, 2.05) is 31.2 Å². The van der Waals surface area contributed by atoms with E-state index in [0.717, 1.165) is 39.6 Å². The van der Waals surface area contributed by atoms with Crippen molar-refractivity contribution in [2.24, 2.45) is 5.92 Å². The fourth-order valence-electron chi connectivity index (χ4n) is 6.29. The molecule has 0 radical (unpaired) electrons. The average molecular weight is 535 g/mol. The highest BCUT2D eigenvalue weighted by atomic mass is 28.4. The minimum absolute atomic E-state index is 0.0132. The van der Waals surface area contributed by atoms with Crippen LogP contribution in [0.5, 0.6) is 5.75 Å². The average Bonchev–Trinajstić information content (AvgIpc) is 3.24. The smallest absolute Gasteiger partial charge is 0.261 e. The molecule has 0 N–H and O–H groups in total. The van der Waals surface area contributed by atoms with Crippen LogP contribution >= 0.6 is 0 Å². The highest BCUT2D eigenvalue weighted by molar-refractivity contribution is 6.99. The van der Waals surface area contributed by atoms with Gasteiger partial charge in [0, 0.05) is 22.4 Å². The quantitative estimate of drug-likeness (QED) is 0.133. The Kier molecular flexibility index (Phi) is 7.61. The van der Waals surface area contributed by atoms with Crippen molar-refractivity contribution in [3.05, 3.63) is 114 Å². The molecule has 0 aromatic heterocycles. The first-order valence-electron chi connectivity index (χ1n) is 13.9. The molecule has 0 fully saturated rings. The summed E-state index contributed by atoms with van der Waals surface area (Å²) in [4.78, 5) is 13.1. The van der Waals surface area contributed by atoms with E-state index in [1.165, 1.54) is 10.4 Å². The molecule has 39 heavy (non-hydrogen) atoms. The molecule has 1 atom stereocenters. The van der Waals surface area contributed by atoms with Crippen LogP contribution in [0.15, 0.2) is 97.6 Å². The fourth-order valence-corrected chi connectivity index (χ4v) is 10.8. The van der Waals surface area contributed by atoms with Crippen LogP contribution in [0.3, 0.4) is 0 Å². The Morgan fingerprint density at radius 2 is 1.44 bits per heavy atom. The molecule has 1 unspecified atom stereocenters. The Morgan fingerprint density at radius 1 is 0.872 bits per heavy atom. The number of ketones is 1. The third-order valence-electron chi connectivity index (χ3n) is 8.00. The Bertz CT molecular complexity index is 1450. The lowest BCUT2D eigenvalue weighted by molar-refractivity contribution is 0.0947. The van der Waals surface area contributed by atoms with E-state index in [4.69, 9.17) is 9.16 Å². The van der Waals surface area contributed by atoms with Crippen LogP contribution in [0.2, 0.25) is 5.04 Å². The largest absolute Gasteiger partial charge is 0.490 e. The van der Waals surface area contributed by atoms with Crippen LogP contribution in [0.4, 0.5) is 0 Å². The van der Waals surface area contributed by atoms with Crippen molar-refractivity contribution in [2.75, 3.05) is 13.2 Å². The Hall–Kier alpha value is -3.47. The van der Waals surface area contributed by atoms with Gasteiger partial charge in [0.2, 0.25) is 0 Å². The van der Waals surface area contributed by atoms with E-state index in [2.05, 4.69) is 94.1 Å². The number of ether oxygens (including phenoxy) is 1. The van der Waals surface area contributed by atoms with Crippen molar-refractivity contribution in [3.63, 3.8) is 0 Å². The lowest BCUT2D eigenvalue weighted by Crippen LogP contribution is -2.66. The molecule has 200 valence electrons. The molecule has 0 heterocycles. The second-order valence-corrected chi connectivity index (χ2v) is 15.8. The van der Waals surface area contributed by atoms with Crippen LogP contribution in [0, 0.1) is 5.92 Å². The van der Waals surface area contributed by atoms with Crippen molar-refractivity contribution < 1.29 is 14.0 Å². The van der Waals surface area contributed by atoms with Crippen LogP contribution in [-0.4, -0.2) is 27.3 Å². The molecule has 0 saturated carbocycles. The summed E-state index contributed by atoms with van der Waals surface area (Å²) in [5.41, 5.74) is 3.07. The fraction of sp³-hybridized carbons (Fsp3) is 0.286. The predicted molar refractivity (Wildman–Crippen MR) is 164 cm³/mol. The van der Waals surface area contributed by atoms with E-state index in [-0.39, 0.29) is 16.7 Å². The van der Waals surface area contributed by atoms with Gasteiger partial charge in [-0.05, 0) is 39.2 Å². The topological polar surface area (TPSA) is 35.5 Å². The van der Waals surface area contributed by atoms with Crippen LogP contribution in [-0.2, 0) is 17.3 Å². The van der Waals surface area contributed by atoms with E-state index >= 15 is 0 Å². The third kappa shape index (κ3) is 4.77. The molecule has 4 aromatic rings. The van der Waals surface area contributed by atoms with E-state index < -0.39 is 8.32 Å². The summed E-state index contributed by atoms with van der Waals surface area (Å²) >= 11 is 0. The van der Waals surface area contributed by atoms with Gasteiger partial charge < -0.3 is 9.16 Å². The Labute approximate surface area is 233 Å². The third-order valence-corrected chi connectivity index (χ3v) is 13.0. The number of carbonyl (C=O) groups is 1. The molecular formula is C35H38O3Si. The molecule has 0 aliphatic heterocycles. The number of fused-ring (bicyclic) bond motifs is 3. The van der Waals surface area contributed by atoms with Crippen LogP contribution in [0.1, 0.15) is 49.2 Å². The normalized spacial score (nSPS) is 15.4. The summed E-state index contributed by atoms with van der Waals surface area (Å²) in [6.07, 6.45) is 3.32.